The zero-order valence-electron chi connectivity index (χ0n) is 7.90. The summed E-state index contributed by atoms with van der Waals surface area (Å²) in [4.78, 5) is 11.4. The van der Waals surface area contributed by atoms with Crippen LogP contribution in [0, 0.1) is 11.3 Å². The second kappa shape index (κ2) is 4.67. The number of carbonyl (C=O) groups is 1. The Morgan fingerprint density at radius 1 is 1.67 bits per heavy atom. The van der Waals surface area contributed by atoms with Crippen molar-refractivity contribution in [1.29, 1.82) is 5.26 Å². The molecule has 0 saturated heterocycles. The third-order valence-electron chi connectivity index (χ3n) is 1.65. The van der Waals surface area contributed by atoms with E-state index in [1.165, 1.54) is 25.1 Å². The third-order valence-corrected chi connectivity index (χ3v) is 1.88. The molecule has 0 amide bonds. The van der Waals surface area contributed by atoms with Gasteiger partial charge in [-0.05, 0) is 25.1 Å². The van der Waals surface area contributed by atoms with Gasteiger partial charge < -0.3 is 9.84 Å². The Bertz CT molecular complexity index is 425. The van der Waals surface area contributed by atoms with E-state index in [0.717, 1.165) is 0 Å². The van der Waals surface area contributed by atoms with Gasteiger partial charge in [-0.15, -0.1) is 0 Å². The molecule has 0 radical (unpaired) electrons. The lowest BCUT2D eigenvalue weighted by Gasteiger charge is -2.07. The highest BCUT2D eigenvalue weighted by atomic mass is 35.5. The first-order chi connectivity index (χ1) is 7.04. The van der Waals surface area contributed by atoms with E-state index < -0.39 is 12.1 Å². The number of hydrogen-bond donors (Lipinski definition) is 1. The third kappa shape index (κ3) is 2.86. The molecular formula is C10H8ClNO3. The Hall–Kier alpha value is -1.73. The lowest BCUT2D eigenvalue weighted by atomic mass is 10.2. The molecule has 1 aromatic rings. The number of halogens is 1. The number of rotatable bonds is 2. The highest BCUT2D eigenvalue weighted by Gasteiger charge is 2.15. The number of ether oxygens (including phenoxy) is 1. The fraction of sp³-hybridized carbons (Fsp3) is 0.200. The molecule has 5 heteroatoms. The number of phenolic OH excluding ortho intramolecular Hbond substituents is 1. The normalized spacial score (nSPS) is 11.5. The highest BCUT2D eigenvalue weighted by molar-refractivity contribution is 6.30. The van der Waals surface area contributed by atoms with Gasteiger partial charge in [-0.1, -0.05) is 11.6 Å². The Labute approximate surface area is 91.7 Å². The molecule has 0 heterocycles. The summed E-state index contributed by atoms with van der Waals surface area (Å²) in [6, 6.07) is 5.77. The molecule has 1 N–H and O–H groups in total. The summed E-state index contributed by atoms with van der Waals surface area (Å²) >= 11 is 5.59. The molecule has 0 aliphatic carbocycles. The van der Waals surface area contributed by atoms with Crippen molar-refractivity contribution >= 4 is 17.6 Å². The number of aromatic hydroxyl groups is 1. The van der Waals surface area contributed by atoms with Crippen LogP contribution in [0.3, 0.4) is 0 Å². The SMILES string of the molecule is CC(C#N)OC(=O)c1ccc(Cl)cc1O. The maximum atomic E-state index is 11.4. The molecule has 0 aromatic heterocycles. The smallest absolute Gasteiger partial charge is 0.343 e. The molecule has 1 rings (SSSR count). The number of nitriles is 1. The molecule has 1 atom stereocenters. The van der Waals surface area contributed by atoms with Gasteiger partial charge >= 0.3 is 5.97 Å². The standard InChI is InChI=1S/C10H8ClNO3/c1-6(5-12)15-10(14)8-3-2-7(11)4-9(8)13/h2-4,6,13H,1H3. The van der Waals surface area contributed by atoms with Crippen molar-refractivity contribution in [1.82, 2.24) is 0 Å². The maximum Gasteiger partial charge on any atom is 0.343 e. The molecule has 0 bridgehead atoms. The molecule has 4 nitrogen and oxygen atoms in total. The molecule has 15 heavy (non-hydrogen) atoms. The van der Waals surface area contributed by atoms with Crippen molar-refractivity contribution in [2.45, 2.75) is 13.0 Å². The monoisotopic (exact) mass is 225 g/mol. The summed E-state index contributed by atoms with van der Waals surface area (Å²) < 4.78 is 4.70. The van der Waals surface area contributed by atoms with Crippen LogP contribution < -0.4 is 0 Å². The number of benzene rings is 1. The van der Waals surface area contributed by atoms with Crippen molar-refractivity contribution in [3.63, 3.8) is 0 Å². The van der Waals surface area contributed by atoms with Crippen molar-refractivity contribution in [3.8, 4) is 11.8 Å². The van der Waals surface area contributed by atoms with Crippen LogP contribution in [0.1, 0.15) is 17.3 Å². The van der Waals surface area contributed by atoms with Crippen LogP contribution in [0.5, 0.6) is 5.75 Å². The zero-order valence-corrected chi connectivity index (χ0v) is 8.65. The molecule has 0 spiro atoms. The predicted molar refractivity (Wildman–Crippen MR) is 53.6 cm³/mol. The van der Waals surface area contributed by atoms with Gasteiger partial charge in [0.2, 0.25) is 0 Å². The lowest BCUT2D eigenvalue weighted by molar-refractivity contribution is 0.0432. The van der Waals surface area contributed by atoms with E-state index in [0.29, 0.717) is 5.02 Å². The maximum absolute atomic E-state index is 11.4. The lowest BCUT2D eigenvalue weighted by Crippen LogP contribution is -2.13. The average Bonchev–Trinajstić information content (AvgIpc) is 2.17. The van der Waals surface area contributed by atoms with Crippen molar-refractivity contribution < 1.29 is 14.6 Å². The molecule has 0 saturated carbocycles. The van der Waals surface area contributed by atoms with E-state index in [9.17, 15) is 9.90 Å². The van der Waals surface area contributed by atoms with E-state index in [2.05, 4.69) is 0 Å². The minimum absolute atomic E-state index is 0.0125. The van der Waals surface area contributed by atoms with E-state index in [-0.39, 0.29) is 11.3 Å². The Balaban J connectivity index is 2.88. The summed E-state index contributed by atoms with van der Waals surface area (Å²) in [6.07, 6.45) is -0.854. The molecule has 0 fully saturated rings. The van der Waals surface area contributed by atoms with E-state index in [1.54, 1.807) is 6.07 Å². The first-order valence-corrected chi connectivity index (χ1v) is 4.51. The minimum Gasteiger partial charge on any atom is -0.507 e. The first-order valence-electron chi connectivity index (χ1n) is 4.13. The van der Waals surface area contributed by atoms with Crippen LogP contribution in [-0.2, 0) is 4.74 Å². The van der Waals surface area contributed by atoms with Crippen LogP contribution in [0.25, 0.3) is 0 Å². The summed E-state index contributed by atoms with van der Waals surface area (Å²) in [5, 5.41) is 18.1. The van der Waals surface area contributed by atoms with Gasteiger partial charge in [0.05, 0.1) is 0 Å². The summed E-state index contributed by atoms with van der Waals surface area (Å²) in [5.41, 5.74) is -0.0125. The summed E-state index contributed by atoms with van der Waals surface area (Å²) in [5.74, 6) is -1.02. The van der Waals surface area contributed by atoms with Crippen molar-refractivity contribution in [2.24, 2.45) is 0 Å². The van der Waals surface area contributed by atoms with Crippen LogP contribution in [0.2, 0.25) is 5.02 Å². The number of phenols is 1. The van der Waals surface area contributed by atoms with Crippen molar-refractivity contribution in [3.05, 3.63) is 28.8 Å². The summed E-state index contributed by atoms with van der Waals surface area (Å²) in [6.45, 7) is 1.44. The highest BCUT2D eigenvalue weighted by Crippen LogP contribution is 2.22. The van der Waals surface area contributed by atoms with Crippen LogP contribution in [0.4, 0.5) is 0 Å². The molecular weight excluding hydrogens is 218 g/mol. The number of nitrogens with zero attached hydrogens (tertiary/aromatic N) is 1. The van der Waals surface area contributed by atoms with Gasteiger partial charge in [0.1, 0.15) is 17.4 Å². The van der Waals surface area contributed by atoms with Gasteiger partial charge in [-0.2, -0.15) is 5.26 Å². The van der Waals surface area contributed by atoms with Gasteiger partial charge in [0.25, 0.3) is 0 Å². The number of hydrogen-bond acceptors (Lipinski definition) is 4. The fourth-order valence-electron chi connectivity index (χ4n) is 0.928. The van der Waals surface area contributed by atoms with Gasteiger partial charge in [-0.3, -0.25) is 0 Å². The Morgan fingerprint density at radius 3 is 2.87 bits per heavy atom. The molecule has 1 unspecified atom stereocenters. The van der Waals surface area contributed by atoms with Crippen LogP contribution in [0.15, 0.2) is 18.2 Å². The van der Waals surface area contributed by atoms with E-state index in [4.69, 9.17) is 21.6 Å². The van der Waals surface area contributed by atoms with Crippen molar-refractivity contribution in [2.75, 3.05) is 0 Å². The molecule has 0 aliphatic rings. The molecule has 0 aliphatic heterocycles. The van der Waals surface area contributed by atoms with Crippen LogP contribution in [-0.4, -0.2) is 17.2 Å². The second-order valence-electron chi connectivity index (χ2n) is 2.84. The van der Waals surface area contributed by atoms with E-state index >= 15 is 0 Å². The summed E-state index contributed by atoms with van der Waals surface area (Å²) in [7, 11) is 0. The minimum atomic E-state index is -0.854. The van der Waals surface area contributed by atoms with E-state index in [1.807, 2.05) is 0 Å². The van der Waals surface area contributed by atoms with Crippen LogP contribution >= 0.6 is 11.6 Å². The average molecular weight is 226 g/mol. The zero-order chi connectivity index (χ0) is 11.4. The predicted octanol–water partition coefficient (Wildman–Crippen LogP) is 2.11. The van der Waals surface area contributed by atoms with Gasteiger partial charge in [0, 0.05) is 5.02 Å². The van der Waals surface area contributed by atoms with Gasteiger partial charge in [-0.25, -0.2) is 4.79 Å². The van der Waals surface area contributed by atoms with Gasteiger partial charge in [0.15, 0.2) is 6.10 Å². The Morgan fingerprint density at radius 2 is 2.33 bits per heavy atom. The quantitative estimate of drug-likeness (QED) is 0.783. The number of carbonyl (C=O) groups excluding carboxylic acids is 1. The fourth-order valence-corrected chi connectivity index (χ4v) is 1.09. The Kier molecular flexibility index (Phi) is 3.53. The largest absolute Gasteiger partial charge is 0.507 e. The number of esters is 1. The molecule has 78 valence electrons. The molecule has 1 aromatic carbocycles. The first kappa shape index (κ1) is 11.3. The second-order valence-corrected chi connectivity index (χ2v) is 3.27. The topological polar surface area (TPSA) is 70.3 Å².